The molecule has 120 valence electrons. The number of hydrogen-bond acceptors (Lipinski definition) is 6. The van der Waals surface area contributed by atoms with Gasteiger partial charge in [-0.1, -0.05) is 6.07 Å². The molecule has 0 fully saturated rings. The largest absolute Gasteiger partial charge is 0.383 e. The van der Waals surface area contributed by atoms with Gasteiger partial charge in [0.15, 0.2) is 0 Å². The lowest BCUT2D eigenvalue weighted by atomic mass is 10.1. The van der Waals surface area contributed by atoms with Gasteiger partial charge in [0.05, 0.1) is 30.4 Å². The fraction of sp³-hybridized carbons (Fsp3) is 0.312. The van der Waals surface area contributed by atoms with Crippen LogP contribution in [0.1, 0.15) is 17.6 Å². The molecule has 0 bridgehead atoms. The molecule has 0 unspecified atom stereocenters. The van der Waals surface area contributed by atoms with Gasteiger partial charge in [0.2, 0.25) is 0 Å². The smallest absolute Gasteiger partial charge is 0.268 e. The number of pyridine rings is 1. The molecule has 0 radical (unpaired) electrons. The molecule has 3 rings (SSSR count). The topological polar surface area (TPSA) is 71.1 Å². The summed E-state index contributed by atoms with van der Waals surface area (Å²) in [5.74, 6) is 0.639. The van der Waals surface area contributed by atoms with Crippen LogP contribution in [-0.2, 0) is 11.3 Å². The van der Waals surface area contributed by atoms with Crippen LogP contribution in [0.2, 0.25) is 0 Å². The minimum absolute atomic E-state index is 0.00956. The standard InChI is InChI=1S/C16H18N4O2S/c1-20(13(10-22-2)11-5-3-4-7-17-11)9-14-18-12-6-8-23-15(12)16(21)19-14/h3-8,13H,9-10H2,1-2H3,(H,18,19,21)/t13-/m1/s1. The van der Waals surface area contributed by atoms with E-state index in [1.165, 1.54) is 11.3 Å². The number of aromatic amines is 1. The van der Waals surface area contributed by atoms with Crippen molar-refractivity contribution in [3.63, 3.8) is 0 Å². The van der Waals surface area contributed by atoms with Crippen molar-refractivity contribution in [2.24, 2.45) is 0 Å². The van der Waals surface area contributed by atoms with E-state index in [4.69, 9.17) is 4.74 Å². The Hall–Kier alpha value is -2.09. The highest BCUT2D eigenvalue weighted by molar-refractivity contribution is 7.17. The summed E-state index contributed by atoms with van der Waals surface area (Å²) in [6, 6.07) is 7.67. The fourth-order valence-corrected chi connectivity index (χ4v) is 3.24. The Balaban J connectivity index is 1.85. The third kappa shape index (κ3) is 3.47. The van der Waals surface area contributed by atoms with Crippen LogP contribution in [0.3, 0.4) is 0 Å². The van der Waals surface area contributed by atoms with Crippen molar-refractivity contribution >= 4 is 21.6 Å². The monoisotopic (exact) mass is 330 g/mol. The molecule has 1 N–H and O–H groups in total. The molecule has 3 aromatic rings. The minimum atomic E-state index is -0.0884. The second-order valence-corrected chi connectivity index (χ2v) is 6.20. The summed E-state index contributed by atoms with van der Waals surface area (Å²) in [7, 11) is 3.64. The molecule has 0 amide bonds. The lowest BCUT2D eigenvalue weighted by Crippen LogP contribution is -2.29. The average molecular weight is 330 g/mol. The maximum absolute atomic E-state index is 12.1. The van der Waals surface area contributed by atoms with E-state index in [0.29, 0.717) is 23.7 Å². The second-order valence-electron chi connectivity index (χ2n) is 5.29. The van der Waals surface area contributed by atoms with Gasteiger partial charge in [-0.3, -0.25) is 14.7 Å². The van der Waals surface area contributed by atoms with Crippen molar-refractivity contribution in [1.29, 1.82) is 0 Å². The first-order valence-corrected chi connectivity index (χ1v) is 8.13. The predicted molar refractivity (Wildman–Crippen MR) is 90.6 cm³/mol. The SMILES string of the molecule is COC[C@H](c1ccccn1)N(C)Cc1nc2ccsc2c(=O)[nH]1. The zero-order chi connectivity index (χ0) is 16.2. The van der Waals surface area contributed by atoms with Crippen LogP contribution in [0.5, 0.6) is 0 Å². The number of hydrogen-bond donors (Lipinski definition) is 1. The summed E-state index contributed by atoms with van der Waals surface area (Å²) < 4.78 is 5.99. The third-order valence-corrected chi connectivity index (χ3v) is 4.55. The number of nitrogens with one attached hydrogen (secondary N) is 1. The van der Waals surface area contributed by atoms with Gasteiger partial charge < -0.3 is 9.72 Å². The van der Waals surface area contributed by atoms with Gasteiger partial charge in [-0.2, -0.15) is 0 Å². The number of thiophene rings is 1. The molecule has 0 saturated carbocycles. The Kier molecular flexibility index (Phi) is 4.80. The first-order valence-electron chi connectivity index (χ1n) is 7.25. The van der Waals surface area contributed by atoms with E-state index in [-0.39, 0.29) is 11.6 Å². The number of ether oxygens (including phenoxy) is 1. The van der Waals surface area contributed by atoms with Crippen molar-refractivity contribution in [2.75, 3.05) is 20.8 Å². The molecular formula is C16H18N4O2S. The second kappa shape index (κ2) is 6.99. The van der Waals surface area contributed by atoms with Crippen molar-refractivity contribution in [3.8, 4) is 0 Å². The van der Waals surface area contributed by atoms with Gasteiger partial charge in [-0.15, -0.1) is 11.3 Å². The Morgan fingerprint density at radius 1 is 1.39 bits per heavy atom. The van der Waals surface area contributed by atoms with Crippen molar-refractivity contribution in [1.82, 2.24) is 19.9 Å². The highest BCUT2D eigenvalue weighted by atomic mass is 32.1. The minimum Gasteiger partial charge on any atom is -0.383 e. The number of likely N-dealkylation sites (N-methyl/N-ethyl adjacent to an activating group) is 1. The van der Waals surface area contributed by atoms with Crippen LogP contribution in [0.15, 0.2) is 40.6 Å². The fourth-order valence-electron chi connectivity index (χ4n) is 2.51. The summed E-state index contributed by atoms with van der Waals surface area (Å²) in [5, 5.41) is 1.88. The molecule has 0 aliphatic heterocycles. The van der Waals surface area contributed by atoms with E-state index in [1.807, 2.05) is 36.7 Å². The molecule has 0 saturated heterocycles. The van der Waals surface area contributed by atoms with Gasteiger partial charge in [0, 0.05) is 13.3 Å². The maximum Gasteiger partial charge on any atom is 0.268 e. The maximum atomic E-state index is 12.1. The molecule has 23 heavy (non-hydrogen) atoms. The summed E-state index contributed by atoms with van der Waals surface area (Å²) in [6.07, 6.45) is 1.77. The van der Waals surface area contributed by atoms with Gasteiger partial charge in [0.25, 0.3) is 5.56 Å². The Morgan fingerprint density at radius 3 is 3.00 bits per heavy atom. The van der Waals surface area contributed by atoms with Crippen molar-refractivity contribution < 1.29 is 4.74 Å². The molecule has 0 aliphatic carbocycles. The van der Waals surface area contributed by atoms with Gasteiger partial charge in [0.1, 0.15) is 10.5 Å². The van der Waals surface area contributed by atoms with E-state index >= 15 is 0 Å². The highest BCUT2D eigenvalue weighted by Gasteiger charge is 2.19. The van der Waals surface area contributed by atoms with Gasteiger partial charge >= 0.3 is 0 Å². The number of methoxy groups -OCH3 is 1. The molecule has 3 heterocycles. The molecule has 0 aliphatic rings. The molecule has 6 nitrogen and oxygen atoms in total. The summed E-state index contributed by atoms with van der Waals surface area (Å²) in [5.41, 5.74) is 1.58. The molecule has 0 aromatic carbocycles. The summed E-state index contributed by atoms with van der Waals surface area (Å²) in [6.45, 7) is 1.02. The number of rotatable bonds is 6. The summed E-state index contributed by atoms with van der Waals surface area (Å²) >= 11 is 1.40. The molecule has 3 aromatic heterocycles. The number of H-pyrrole nitrogens is 1. The van der Waals surface area contributed by atoms with Gasteiger partial charge in [-0.25, -0.2) is 4.98 Å². The van der Waals surface area contributed by atoms with Gasteiger partial charge in [-0.05, 0) is 30.6 Å². The van der Waals surface area contributed by atoms with E-state index in [0.717, 1.165) is 11.2 Å². The quantitative estimate of drug-likeness (QED) is 0.750. The zero-order valence-electron chi connectivity index (χ0n) is 13.0. The normalized spacial score (nSPS) is 12.8. The van der Waals surface area contributed by atoms with Crippen LogP contribution < -0.4 is 5.56 Å². The Labute approximate surface area is 137 Å². The van der Waals surface area contributed by atoms with Crippen molar-refractivity contribution in [2.45, 2.75) is 12.6 Å². The van der Waals surface area contributed by atoms with E-state index < -0.39 is 0 Å². The number of fused-ring (bicyclic) bond motifs is 1. The first-order chi connectivity index (χ1) is 11.2. The molecule has 7 heteroatoms. The molecule has 1 atom stereocenters. The van der Waals surface area contributed by atoms with Crippen LogP contribution >= 0.6 is 11.3 Å². The molecule has 0 spiro atoms. The van der Waals surface area contributed by atoms with Crippen LogP contribution in [0.4, 0.5) is 0 Å². The van der Waals surface area contributed by atoms with Crippen molar-refractivity contribution in [3.05, 3.63) is 57.7 Å². The van der Waals surface area contributed by atoms with Crippen LogP contribution in [0, 0.1) is 0 Å². The van der Waals surface area contributed by atoms with E-state index in [1.54, 1.807) is 13.3 Å². The lowest BCUT2D eigenvalue weighted by Gasteiger charge is -2.26. The third-order valence-electron chi connectivity index (χ3n) is 3.65. The summed E-state index contributed by atoms with van der Waals surface area (Å²) in [4.78, 5) is 25.9. The number of aromatic nitrogens is 3. The zero-order valence-corrected chi connectivity index (χ0v) is 13.8. The van der Waals surface area contributed by atoms with E-state index in [2.05, 4.69) is 19.9 Å². The lowest BCUT2D eigenvalue weighted by molar-refractivity contribution is 0.0985. The predicted octanol–water partition coefficient (Wildman–Crippen LogP) is 2.20. The average Bonchev–Trinajstić information content (AvgIpc) is 3.02. The van der Waals surface area contributed by atoms with Crippen LogP contribution in [0.25, 0.3) is 10.2 Å². The Bertz CT molecular complexity index is 831. The van der Waals surface area contributed by atoms with Crippen LogP contribution in [-0.4, -0.2) is 40.6 Å². The highest BCUT2D eigenvalue weighted by Crippen LogP contribution is 2.20. The van der Waals surface area contributed by atoms with E-state index in [9.17, 15) is 4.79 Å². The number of nitrogens with zero attached hydrogens (tertiary/aromatic N) is 3. The molecular weight excluding hydrogens is 312 g/mol. The Morgan fingerprint density at radius 2 is 2.26 bits per heavy atom. The first kappa shape index (κ1) is 15.8.